The largest absolute Gasteiger partial charge is 0.496 e. The number of rotatable bonds is 4. The van der Waals surface area contributed by atoms with Crippen LogP contribution in [0.25, 0.3) is 0 Å². The smallest absolute Gasteiger partial charge is 0.125 e. The quantitative estimate of drug-likeness (QED) is 0.646. The summed E-state index contributed by atoms with van der Waals surface area (Å²) < 4.78 is 5.39. The summed E-state index contributed by atoms with van der Waals surface area (Å²) in [5.41, 5.74) is 7.72. The molecule has 1 aliphatic rings. The molecule has 3 heteroatoms. The first kappa shape index (κ1) is 14.2. The van der Waals surface area contributed by atoms with E-state index in [1.807, 2.05) is 12.1 Å². The maximum Gasteiger partial charge on any atom is 0.125 e. The van der Waals surface area contributed by atoms with E-state index in [-0.39, 0.29) is 0 Å². The Bertz CT molecular complexity index is 406. The van der Waals surface area contributed by atoms with Crippen molar-refractivity contribution in [3.8, 4) is 5.75 Å². The van der Waals surface area contributed by atoms with E-state index in [4.69, 9.17) is 10.5 Å². The molecule has 3 N–H and O–H groups in total. The number of methoxy groups -OCH3 is 1. The van der Waals surface area contributed by atoms with Crippen LogP contribution in [-0.4, -0.2) is 13.2 Å². The Hall–Kier alpha value is -1.22. The van der Waals surface area contributed by atoms with Gasteiger partial charge >= 0.3 is 0 Å². The zero-order chi connectivity index (χ0) is 13.7. The number of hydrogen-bond acceptors (Lipinski definition) is 3. The molecule has 0 aliphatic heterocycles. The molecule has 1 aromatic carbocycles. The highest BCUT2D eigenvalue weighted by Gasteiger charge is 2.16. The first-order chi connectivity index (χ1) is 9.19. The molecule has 0 amide bonds. The molecule has 2 unspecified atom stereocenters. The number of nitrogen functional groups attached to an aromatic ring is 1. The first-order valence-corrected chi connectivity index (χ1v) is 7.35. The van der Waals surface area contributed by atoms with Crippen LogP contribution >= 0.6 is 0 Å². The van der Waals surface area contributed by atoms with Crippen LogP contribution in [0.4, 0.5) is 5.69 Å². The van der Waals surface area contributed by atoms with Crippen LogP contribution in [0, 0.1) is 5.92 Å². The minimum Gasteiger partial charge on any atom is -0.496 e. The first-order valence-electron chi connectivity index (χ1n) is 7.35. The second kappa shape index (κ2) is 6.80. The lowest BCUT2D eigenvalue weighted by molar-refractivity contribution is 0.400. The van der Waals surface area contributed by atoms with E-state index < -0.39 is 0 Å². The van der Waals surface area contributed by atoms with E-state index >= 15 is 0 Å². The van der Waals surface area contributed by atoms with Crippen LogP contribution in [0.5, 0.6) is 5.75 Å². The Morgan fingerprint density at radius 2 is 2.11 bits per heavy atom. The van der Waals surface area contributed by atoms with Crippen molar-refractivity contribution in [2.24, 2.45) is 5.92 Å². The molecule has 0 bridgehead atoms. The fourth-order valence-corrected chi connectivity index (χ4v) is 2.85. The van der Waals surface area contributed by atoms with Crippen LogP contribution in [0.1, 0.15) is 44.6 Å². The third-order valence-corrected chi connectivity index (χ3v) is 4.15. The molecule has 19 heavy (non-hydrogen) atoms. The number of nitrogens with two attached hydrogens (primary N) is 1. The van der Waals surface area contributed by atoms with Gasteiger partial charge in [-0.1, -0.05) is 25.8 Å². The Morgan fingerprint density at radius 3 is 2.89 bits per heavy atom. The summed E-state index contributed by atoms with van der Waals surface area (Å²) in [7, 11) is 1.70. The van der Waals surface area contributed by atoms with Gasteiger partial charge in [-0.2, -0.15) is 0 Å². The Morgan fingerprint density at radius 1 is 1.26 bits per heavy atom. The monoisotopic (exact) mass is 262 g/mol. The van der Waals surface area contributed by atoms with Gasteiger partial charge in [0.1, 0.15) is 5.75 Å². The van der Waals surface area contributed by atoms with Crippen molar-refractivity contribution < 1.29 is 4.74 Å². The molecule has 1 aliphatic carbocycles. The minimum absolute atomic E-state index is 0.646. The maximum absolute atomic E-state index is 5.78. The molecule has 1 saturated carbocycles. The van der Waals surface area contributed by atoms with Gasteiger partial charge in [-0.25, -0.2) is 0 Å². The fraction of sp³-hybridized carbons (Fsp3) is 0.625. The number of nitrogens with one attached hydrogen (secondary N) is 1. The highest BCUT2D eigenvalue weighted by Crippen LogP contribution is 2.24. The second-order valence-corrected chi connectivity index (χ2v) is 5.76. The molecule has 1 fully saturated rings. The zero-order valence-corrected chi connectivity index (χ0v) is 12.1. The molecule has 0 radical (unpaired) electrons. The zero-order valence-electron chi connectivity index (χ0n) is 12.1. The highest BCUT2D eigenvalue weighted by atomic mass is 16.5. The van der Waals surface area contributed by atoms with Gasteiger partial charge in [-0.3, -0.25) is 0 Å². The SMILES string of the molecule is COc1cc(N)ccc1CNC1CCCC(C)CC1. The molecule has 2 rings (SSSR count). The number of hydrogen-bond donors (Lipinski definition) is 2. The predicted molar refractivity (Wildman–Crippen MR) is 80.3 cm³/mol. The van der Waals surface area contributed by atoms with Crippen LogP contribution in [0.2, 0.25) is 0 Å². The predicted octanol–water partition coefficient (Wildman–Crippen LogP) is 3.34. The summed E-state index contributed by atoms with van der Waals surface area (Å²) in [6.07, 6.45) is 6.65. The fourth-order valence-electron chi connectivity index (χ4n) is 2.85. The van der Waals surface area contributed by atoms with E-state index in [1.54, 1.807) is 7.11 Å². The average Bonchev–Trinajstić information content (AvgIpc) is 2.62. The number of benzene rings is 1. The van der Waals surface area contributed by atoms with Crippen LogP contribution in [-0.2, 0) is 6.54 Å². The molecule has 0 heterocycles. The molecular weight excluding hydrogens is 236 g/mol. The van der Waals surface area contributed by atoms with Crippen molar-refractivity contribution in [2.45, 2.75) is 51.6 Å². The Kier molecular flexibility index (Phi) is 5.08. The summed E-state index contributed by atoms with van der Waals surface area (Å²) in [6, 6.07) is 6.54. The van der Waals surface area contributed by atoms with Gasteiger partial charge < -0.3 is 15.8 Å². The lowest BCUT2D eigenvalue weighted by Crippen LogP contribution is -2.28. The van der Waals surface area contributed by atoms with Gasteiger partial charge in [0.05, 0.1) is 7.11 Å². The van der Waals surface area contributed by atoms with Crippen molar-refractivity contribution in [1.29, 1.82) is 0 Å². The third kappa shape index (κ3) is 4.13. The van der Waals surface area contributed by atoms with Crippen molar-refractivity contribution in [3.05, 3.63) is 23.8 Å². The molecule has 0 spiro atoms. The topological polar surface area (TPSA) is 47.3 Å². The lowest BCUT2D eigenvalue weighted by atomic mass is 10.0. The molecule has 0 aromatic heterocycles. The standard InChI is InChI=1S/C16H26N2O/c1-12-4-3-5-15(9-6-12)18-11-13-7-8-14(17)10-16(13)19-2/h7-8,10,12,15,18H,3-6,9,11,17H2,1-2H3. The average molecular weight is 262 g/mol. The highest BCUT2D eigenvalue weighted by molar-refractivity contribution is 5.48. The van der Waals surface area contributed by atoms with Crippen molar-refractivity contribution in [2.75, 3.05) is 12.8 Å². The second-order valence-electron chi connectivity index (χ2n) is 5.76. The van der Waals surface area contributed by atoms with Gasteiger partial charge in [-0.05, 0) is 31.2 Å². The van der Waals surface area contributed by atoms with E-state index in [1.165, 1.54) is 37.7 Å². The van der Waals surface area contributed by atoms with Gasteiger partial charge in [0, 0.05) is 29.9 Å². The summed E-state index contributed by atoms with van der Waals surface area (Å²) in [5.74, 6) is 1.77. The van der Waals surface area contributed by atoms with Gasteiger partial charge in [0.2, 0.25) is 0 Å². The van der Waals surface area contributed by atoms with Gasteiger partial charge in [0.15, 0.2) is 0 Å². The van der Waals surface area contributed by atoms with E-state index in [0.29, 0.717) is 6.04 Å². The summed E-state index contributed by atoms with van der Waals surface area (Å²) in [5, 5.41) is 3.67. The van der Waals surface area contributed by atoms with E-state index in [9.17, 15) is 0 Å². The van der Waals surface area contributed by atoms with E-state index in [0.717, 1.165) is 23.9 Å². The molecule has 0 saturated heterocycles. The summed E-state index contributed by atoms with van der Waals surface area (Å²) >= 11 is 0. The maximum atomic E-state index is 5.78. The van der Waals surface area contributed by atoms with Crippen LogP contribution in [0.3, 0.4) is 0 Å². The van der Waals surface area contributed by atoms with Crippen LogP contribution < -0.4 is 15.8 Å². The van der Waals surface area contributed by atoms with Crippen molar-refractivity contribution in [3.63, 3.8) is 0 Å². The third-order valence-electron chi connectivity index (χ3n) is 4.15. The van der Waals surface area contributed by atoms with Crippen molar-refractivity contribution in [1.82, 2.24) is 5.32 Å². The normalized spacial score (nSPS) is 23.9. The molecule has 3 nitrogen and oxygen atoms in total. The van der Waals surface area contributed by atoms with Crippen LogP contribution in [0.15, 0.2) is 18.2 Å². The van der Waals surface area contributed by atoms with E-state index in [2.05, 4.69) is 18.3 Å². The van der Waals surface area contributed by atoms with Crippen molar-refractivity contribution >= 4 is 5.69 Å². The minimum atomic E-state index is 0.646. The molecule has 2 atom stereocenters. The number of ether oxygens (including phenoxy) is 1. The summed E-state index contributed by atoms with van der Waals surface area (Å²) in [6.45, 7) is 3.23. The Balaban J connectivity index is 1.91. The molecular formula is C16H26N2O. The lowest BCUT2D eigenvalue weighted by Gasteiger charge is -2.17. The summed E-state index contributed by atoms with van der Waals surface area (Å²) in [4.78, 5) is 0. The number of anilines is 1. The Labute approximate surface area is 116 Å². The van der Waals surface area contributed by atoms with Gasteiger partial charge in [0.25, 0.3) is 0 Å². The van der Waals surface area contributed by atoms with Gasteiger partial charge in [-0.15, -0.1) is 0 Å². The molecule has 1 aromatic rings. The molecule has 106 valence electrons.